The standard InChI is InChI=1S/C13H15ClN2O4/c14-9-2-1-3-10(8-9)15-12(19)16-13(11(17)18)4-6-20-7-5-13/h1-3,8H,4-7H2,(H,17,18)(H2,15,16,19). The zero-order valence-corrected chi connectivity index (χ0v) is 11.4. The molecule has 1 fully saturated rings. The minimum Gasteiger partial charge on any atom is -0.480 e. The van der Waals surface area contributed by atoms with Crippen LogP contribution in [-0.4, -0.2) is 35.9 Å². The van der Waals surface area contributed by atoms with Gasteiger partial charge >= 0.3 is 12.0 Å². The second-order valence-electron chi connectivity index (χ2n) is 4.59. The van der Waals surface area contributed by atoms with Crippen molar-refractivity contribution in [3.63, 3.8) is 0 Å². The number of carbonyl (C=O) groups is 2. The first-order valence-corrected chi connectivity index (χ1v) is 6.55. The van der Waals surface area contributed by atoms with Gasteiger partial charge in [-0.05, 0) is 18.2 Å². The maximum atomic E-state index is 11.9. The van der Waals surface area contributed by atoms with E-state index in [0.717, 1.165) is 0 Å². The summed E-state index contributed by atoms with van der Waals surface area (Å²) >= 11 is 5.82. The number of anilines is 1. The fourth-order valence-electron chi connectivity index (χ4n) is 2.06. The number of amides is 2. The Balaban J connectivity index is 2.03. The topological polar surface area (TPSA) is 87.7 Å². The lowest BCUT2D eigenvalue weighted by Crippen LogP contribution is -2.58. The monoisotopic (exact) mass is 298 g/mol. The molecule has 0 bridgehead atoms. The summed E-state index contributed by atoms with van der Waals surface area (Å²) in [6.07, 6.45) is 0.483. The van der Waals surface area contributed by atoms with Crippen molar-refractivity contribution in [1.82, 2.24) is 5.32 Å². The van der Waals surface area contributed by atoms with Crippen molar-refractivity contribution in [2.24, 2.45) is 0 Å². The third-order valence-corrected chi connectivity index (χ3v) is 3.43. The van der Waals surface area contributed by atoms with Gasteiger partial charge in [0.15, 0.2) is 0 Å². The number of carboxylic acids is 1. The van der Waals surface area contributed by atoms with Crippen LogP contribution in [0.25, 0.3) is 0 Å². The van der Waals surface area contributed by atoms with Gasteiger partial charge in [0.25, 0.3) is 0 Å². The van der Waals surface area contributed by atoms with E-state index >= 15 is 0 Å². The first-order chi connectivity index (χ1) is 9.52. The molecule has 7 heteroatoms. The van der Waals surface area contributed by atoms with E-state index in [1.54, 1.807) is 24.3 Å². The molecular weight excluding hydrogens is 284 g/mol. The number of benzene rings is 1. The SMILES string of the molecule is O=C(Nc1cccc(Cl)c1)NC1(C(=O)O)CCOCC1. The highest BCUT2D eigenvalue weighted by Crippen LogP contribution is 2.21. The van der Waals surface area contributed by atoms with Crippen LogP contribution < -0.4 is 10.6 Å². The minimum atomic E-state index is -1.28. The lowest BCUT2D eigenvalue weighted by molar-refractivity contribution is -0.148. The van der Waals surface area contributed by atoms with Gasteiger partial charge in [0.2, 0.25) is 0 Å². The first-order valence-electron chi connectivity index (χ1n) is 6.18. The molecule has 1 aliphatic heterocycles. The highest BCUT2D eigenvalue weighted by Gasteiger charge is 2.41. The number of aliphatic carboxylic acids is 1. The van der Waals surface area contributed by atoms with Gasteiger partial charge in [0.05, 0.1) is 0 Å². The van der Waals surface area contributed by atoms with Crippen molar-refractivity contribution in [2.45, 2.75) is 18.4 Å². The lowest BCUT2D eigenvalue weighted by Gasteiger charge is -2.33. The Morgan fingerprint density at radius 2 is 2.00 bits per heavy atom. The normalized spacial score (nSPS) is 17.2. The number of urea groups is 1. The van der Waals surface area contributed by atoms with Crippen LogP contribution >= 0.6 is 11.6 Å². The summed E-state index contributed by atoms with van der Waals surface area (Å²) in [6, 6.07) is 6.06. The molecule has 108 valence electrons. The van der Waals surface area contributed by atoms with E-state index < -0.39 is 17.5 Å². The molecule has 3 N–H and O–H groups in total. The summed E-state index contributed by atoms with van der Waals surface area (Å²) in [5.41, 5.74) is -0.774. The molecule has 0 aromatic heterocycles. The lowest BCUT2D eigenvalue weighted by atomic mass is 9.90. The molecule has 1 saturated heterocycles. The number of halogens is 1. The highest BCUT2D eigenvalue weighted by molar-refractivity contribution is 6.30. The Hall–Kier alpha value is -1.79. The van der Waals surface area contributed by atoms with Crippen molar-refractivity contribution in [2.75, 3.05) is 18.5 Å². The van der Waals surface area contributed by atoms with Gasteiger partial charge in [-0.25, -0.2) is 9.59 Å². The molecule has 1 aliphatic rings. The summed E-state index contributed by atoms with van der Waals surface area (Å²) < 4.78 is 5.14. The van der Waals surface area contributed by atoms with Crippen molar-refractivity contribution >= 4 is 29.3 Å². The molecular formula is C13H15ClN2O4. The zero-order chi connectivity index (χ0) is 14.6. The number of nitrogens with one attached hydrogen (secondary N) is 2. The van der Waals surface area contributed by atoms with Gasteiger partial charge in [-0.3, -0.25) is 0 Å². The van der Waals surface area contributed by atoms with Crippen LogP contribution in [0.4, 0.5) is 10.5 Å². The third-order valence-electron chi connectivity index (χ3n) is 3.19. The van der Waals surface area contributed by atoms with Crippen LogP contribution in [0, 0.1) is 0 Å². The van der Waals surface area contributed by atoms with E-state index in [0.29, 0.717) is 23.9 Å². The number of carbonyl (C=O) groups excluding carboxylic acids is 1. The molecule has 0 saturated carbocycles. The molecule has 1 aromatic carbocycles. The maximum Gasteiger partial charge on any atom is 0.329 e. The van der Waals surface area contributed by atoms with E-state index in [2.05, 4.69) is 10.6 Å². The van der Waals surface area contributed by atoms with Gasteiger partial charge < -0.3 is 20.5 Å². The van der Waals surface area contributed by atoms with Crippen molar-refractivity contribution < 1.29 is 19.4 Å². The van der Waals surface area contributed by atoms with Crippen LogP contribution in [0.1, 0.15) is 12.8 Å². The molecule has 2 rings (SSSR count). The molecule has 0 unspecified atom stereocenters. The van der Waals surface area contributed by atoms with Gasteiger partial charge in [-0.15, -0.1) is 0 Å². The molecule has 1 aromatic rings. The van der Waals surface area contributed by atoms with Gasteiger partial charge in [-0.1, -0.05) is 17.7 Å². The second-order valence-corrected chi connectivity index (χ2v) is 5.03. The van der Waals surface area contributed by atoms with Crippen molar-refractivity contribution in [3.8, 4) is 0 Å². The van der Waals surface area contributed by atoms with E-state index in [4.69, 9.17) is 16.3 Å². The highest BCUT2D eigenvalue weighted by atomic mass is 35.5. The number of hydrogen-bond donors (Lipinski definition) is 3. The number of ether oxygens (including phenoxy) is 1. The van der Waals surface area contributed by atoms with E-state index in [1.165, 1.54) is 0 Å². The molecule has 0 atom stereocenters. The Kier molecular flexibility index (Phi) is 4.46. The van der Waals surface area contributed by atoms with Crippen LogP contribution in [0.2, 0.25) is 5.02 Å². The smallest absolute Gasteiger partial charge is 0.329 e. The Bertz CT molecular complexity index is 515. The zero-order valence-electron chi connectivity index (χ0n) is 10.7. The summed E-state index contributed by atoms with van der Waals surface area (Å²) in [6.45, 7) is 0.619. The fraction of sp³-hybridized carbons (Fsp3) is 0.385. The molecule has 0 aliphatic carbocycles. The summed E-state index contributed by atoms with van der Waals surface area (Å²) in [7, 11) is 0. The summed E-state index contributed by atoms with van der Waals surface area (Å²) in [4.78, 5) is 23.3. The van der Waals surface area contributed by atoms with Crippen LogP contribution in [0.5, 0.6) is 0 Å². The fourth-order valence-corrected chi connectivity index (χ4v) is 2.25. The number of rotatable bonds is 3. The summed E-state index contributed by atoms with van der Waals surface area (Å²) in [5, 5.41) is 14.9. The molecule has 0 radical (unpaired) electrons. The van der Waals surface area contributed by atoms with Crippen LogP contribution in [0.15, 0.2) is 24.3 Å². The van der Waals surface area contributed by atoms with E-state index in [-0.39, 0.29) is 12.8 Å². The largest absolute Gasteiger partial charge is 0.480 e. The van der Waals surface area contributed by atoms with Crippen molar-refractivity contribution in [1.29, 1.82) is 0 Å². The average Bonchev–Trinajstić information content (AvgIpc) is 2.39. The molecule has 20 heavy (non-hydrogen) atoms. The molecule has 1 heterocycles. The van der Waals surface area contributed by atoms with E-state index in [9.17, 15) is 14.7 Å². The number of hydrogen-bond acceptors (Lipinski definition) is 3. The maximum absolute atomic E-state index is 11.9. The minimum absolute atomic E-state index is 0.241. The molecule has 0 spiro atoms. The predicted octanol–water partition coefficient (Wildman–Crippen LogP) is 2.10. The van der Waals surface area contributed by atoms with E-state index in [1.807, 2.05) is 0 Å². The Morgan fingerprint density at radius 3 is 2.60 bits per heavy atom. The first kappa shape index (κ1) is 14.6. The van der Waals surface area contributed by atoms with Crippen LogP contribution in [-0.2, 0) is 9.53 Å². The quantitative estimate of drug-likeness (QED) is 0.797. The van der Waals surface area contributed by atoms with Crippen molar-refractivity contribution in [3.05, 3.63) is 29.3 Å². The Morgan fingerprint density at radius 1 is 1.30 bits per heavy atom. The molecule has 6 nitrogen and oxygen atoms in total. The average molecular weight is 299 g/mol. The summed E-state index contributed by atoms with van der Waals surface area (Å²) in [5.74, 6) is -1.05. The predicted molar refractivity (Wildman–Crippen MR) is 74.0 cm³/mol. The van der Waals surface area contributed by atoms with Crippen LogP contribution in [0.3, 0.4) is 0 Å². The Labute approximate surface area is 121 Å². The van der Waals surface area contributed by atoms with Gasteiger partial charge in [-0.2, -0.15) is 0 Å². The number of carboxylic acid groups (broad SMARTS) is 1. The third kappa shape index (κ3) is 3.40. The van der Waals surface area contributed by atoms with Gasteiger partial charge in [0, 0.05) is 36.8 Å². The second kappa shape index (κ2) is 6.11. The molecule has 2 amide bonds. The van der Waals surface area contributed by atoms with Gasteiger partial charge in [0.1, 0.15) is 5.54 Å².